The third-order valence-electron chi connectivity index (χ3n) is 2.88. The van der Waals surface area contributed by atoms with Gasteiger partial charge in [0.15, 0.2) is 0 Å². The molecule has 2 heteroatoms. The summed E-state index contributed by atoms with van der Waals surface area (Å²) in [5.74, 6) is 1.15. The van der Waals surface area contributed by atoms with Gasteiger partial charge in [0.05, 0.1) is 0 Å². The number of hydrogen-bond acceptors (Lipinski definition) is 2. The maximum atomic E-state index is 11.1. The van der Waals surface area contributed by atoms with Crippen LogP contribution in [0.2, 0.25) is 0 Å². The van der Waals surface area contributed by atoms with Crippen molar-refractivity contribution in [3.63, 3.8) is 0 Å². The van der Waals surface area contributed by atoms with Crippen molar-refractivity contribution in [1.29, 1.82) is 0 Å². The third-order valence-corrected chi connectivity index (χ3v) is 2.88. The minimum Gasteiger partial charge on any atom is -0.508 e. The summed E-state index contributed by atoms with van der Waals surface area (Å²) in [6.45, 7) is 6.00. The first-order chi connectivity index (χ1) is 7.75. The molecule has 1 saturated carbocycles. The number of hydrogen-bond donors (Lipinski definition) is 1. The fourth-order valence-corrected chi connectivity index (χ4v) is 2.05. The largest absolute Gasteiger partial charge is 0.508 e. The number of carbonyl (C=O) groups is 1. The van der Waals surface area contributed by atoms with Crippen molar-refractivity contribution in [3.8, 4) is 5.75 Å². The van der Waals surface area contributed by atoms with Crippen molar-refractivity contribution in [2.75, 3.05) is 0 Å². The normalized spacial score (nSPS) is 16.4. The van der Waals surface area contributed by atoms with Gasteiger partial charge in [-0.3, -0.25) is 4.79 Å². The van der Waals surface area contributed by atoms with Crippen molar-refractivity contribution in [3.05, 3.63) is 43.0 Å². The van der Waals surface area contributed by atoms with Crippen molar-refractivity contribution in [2.45, 2.75) is 31.6 Å². The molecule has 0 bridgehead atoms. The molecule has 0 heterocycles. The second-order valence-electron chi connectivity index (χ2n) is 3.91. The number of benzene rings is 1. The Balaban J connectivity index is 0.000000606. The first-order valence-corrected chi connectivity index (χ1v) is 5.56. The van der Waals surface area contributed by atoms with Crippen LogP contribution in [0.5, 0.6) is 5.75 Å². The molecular formula is C14H18O2. The van der Waals surface area contributed by atoms with E-state index in [0.717, 1.165) is 18.4 Å². The highest BCUT2D eigenvalue weighted by Crippen LogP contribution is 2.32. The summed E-state index contributed by atoms with van der Waals surface area (Å²) in [6.07, 6.45) is 3.26. The van der Waals surface area contributed by atoms with Gasteiger partial charge in [-0.25, -0.2) is 0 Å². The first-order valence-electron chi connectivity index (χ1n) is 5.56. The molecule has 1 aromatic carbocycles. The van der Waals surface area contributed by atoms with E-state index >= 15 is 0 Å². The smallest absolute Gasteiger partial charge is 0.132 e. The van der Waals surface area contributed by atoms with Gasteiger partial charge in [0.2, 0.25) is 0 Å². The van der Waals surface area contributed by atoms with Crippen LogP contribution in [0.3, 0.4) is 0 Å². The van der Waals surface area contributed by atoms with E-state index < -0.39 is 0 Å². The molecule has 16 heavy (non-hydrogen) atoms. The lowest BCUT2D eigenvalue weighted by atomic mass is 9.83. The highest BCUT2D eigenvalue weighted by atomic mass is 16.3. The topological polar surface area (TPSA) is 37.3 Å². The molecule has 0 amide bonds. The third kappa shape index (κ3) is 3.23. The second-order valence-corrected chi connectivity index (χ2v) is 3.91. The van der Waals surface area contributed by atoms with Crippen molar-refractivity contribution < 1.29 is 9.90 Å². The molecular weight excluding hydrogens is 200 g/mol. The lowest BCUT2D eigenvalue weighted by molar-refractivity contribution is -0.120. The Morgan fingerprint density at radius 1 is 1.19 bits per heavy atom. The molecule has 0 saturated heterocycles. The first kappa shape index (κ1) is 12.5. The summed E-state index contributed by atoms with van der Waals surface area (Å²) in [5.41, 5.74) is 1.16. The van der Waals surface area contributed by atoms with Crippen LogP contribution in [0, 0.1) is 0 Å². The molecule has 0 atom stereocenters. The van der Waals surface area contributed by atoms with Crippen LogP contribution in [0.15, 0.2) is 37.4 Å². The van der Waals surface area contributed by atoms with Gasteiger partial charge in [0, 0.05) is 12.8 Å². The Morgan fingerprint density at radius 2 is 1.81 bits per heavy atom. The van der Waals surface area contributed by atoms with Crippen LogP contribution in [0.4, 0.5) is 0 Å². The fourth-order valence-electron chi connectivity index (χ4n) is 2.05. The zero-order valence-electron chi connectivity index (χ0n) is 9.48. The fraction of sp³-hybridized carbons (Fsp3) is 0.357. The molecule has 1 aliphatic rings. The minimum absolute atomic E-state index is 0.319. The Bertz CT molecular complexity index is 348. The van der Waals surface area contributed by atoms with Crippen molar-refractivity contribution in [2.24, 2.45) is 0 Å². The molecule has 0 aromatic heterocycles. The lowest BCUT2D eigenvalue weighted by Crippen LogP contribution is -2.12. The molecule has 2 rings (SSSR count). The van der Waals surface area contributed by atoms with Crippen LogP contribution in [0.25, 0.3) is 0 Å². The lowest BCUT2D eigenvalue weighted by Gasteiger charge is -2.21. The SMILES string of the molecule is C=C.O=C1CCC(c2cccc(O)c2)CC1. The highest BCUT2D eigenvalue weighted by Gasteiger charge is 2.19. The van der Waals surface area contributed by atoms with Gasteiger partial charge in [-0.05, 0) is 36.5 Å². The monoisotopic (exact) mass is 218 g/mol. The van der Waals surface area contributed by atoms with Crippen LogP contribution in [-0.2, 0) is 4.79 Å². The average molecular weight is 218 g/mol. The summed E-state index contributed by atoms with van der Waals surface area (Å²) >= 11 is 0. The van der Waals surface area contributed by atoms with Gasteiger partial charge < -0.3 is 5.11 Å². The van der Waals surface area contributed by atoms with E-state index in [9.17, 15) is 9.90 Å². The van der Waals surface area contributed by atoms with Gasteiger partial charge in [-0.15, -0.1) is 13.2 Å². The van der Waals surface area contributed by atoms with E-state index in [1.165, 1.54) is 0 Å². The number of Topliss-reactive ketones (excluding diaryl/α,β-unsaturated/α-hetero) is 1. The quantitative estimate of drug-likeness (QED) is 0.733. The van der Waals surface area contributed by atoms with Crippen LogP contribution in [-0.4, -0.2) is 10.9 Å². The van der Waals surface area contributed by atoms with E-state index in [0.29, 0.717) is 30.3 Å². The molecule has 1 fully saturated rings. The van der Waals surface area contributed by atoms with E-state index in [2.05, 4.69) is 13.2 Å². The van der Waals surface area contributed by atoms with Crippen molar-refractivity contribution >= 4 is 5.78 Å². The Hall–Kier alpha value is -1.57. The minimum atomic E-state index is 0.319. The molecule has 86 valence electrons. The van der Waals surface area contributed by atoms with E-state index in [1.807, 2.05) is 12.1 Å². The molecule has 1 aliphatic carbocycles. The number of phenolic OH excluding ortho intramolecular Hbond substituents is 1. The maximum absolute atomic E-state index is 11.1. The molecule has 1 N–H and O–H groups in total. The van der Waals surface area contributed by atoms with E-state index in [1.54, 1.807) is 12.1 Å². The summed E-state index contributed by atoms with van der Waals surface area (Å²) in [5, 5.41) is 9.33. The predicted molar refractivity (Wildman–Crippen MR) is 65.6 cm³/mol. The van der Waals surface area contributed by atoms with Crippen LogP contribution in [0.1, 0.15) is 37.2 Å². The number of ketones is 1. The van der Waals surface area contributed by atoms with Gasteiger partial charge in [0.1, 0.15) is 11.5 Å². The van der Waals surface area contributed by atoms with E-state index in [4.69, 9.17) is 0 Å². The molecule has 0 aliphatic heterocycles. The van der Waals surface area contributed by atoms with Crippen molar-refractivity contribution in [1.82, 2.24) is 0 Å². The van der Waals surface area contributed by atoms with Crippen LogP contribution >= 0.6 is 0 Å². The number of rotatable bonds is 1. The standard InChI is InChI=1S/C12H14O2.C2H4/c13-11-6-4-9(5-7-11)10-2-1-3-12(14)8-10;1-2/h1-3,8-9,14H,4-7H2;1-2H2. The Morgan fingerprint density at radius 3 is 2.38 bits per heavy atom. The second kappa shape index (κ2) is 6.11. The number of carbonyl (C=O) groups excluding carboxylic acids is 1. The van der Waals surface area contributed by atoms with Gasteiger partial charge in [0.25, 0.3) is 0 Å². The highest BCUT2D eigenvalue weighted by molar-refractivity contribution is 5.79. The van der Waals surface area contributed by atoms with Gasteiger partial charge in [-0.2, -0.15) is 0 Å². The maximum Gasteiger partial charge on any atom is 0.132 e. The average Bonchev–Trinajstić information content (AvgIpc) is 2.32. The summed E-state index contributed by atoms with van der Waals surface area (Å²) in [7, 11) is 0. The zero-order valence-corrected chi connectivity index (χ0v) is 9.48. The Kier molecular flexibility index (Phi) is 4.77. The number of phenols is 1. The van der Waals surface area contributed by atoms with Gasteiger partial charge >= 0.3 is 0 Å². The molecule has 0 spiro atoms. The van der Waals surface area contributed by atoms with Crippen LogP contribution < -0.4 is 0 Å². The summed E-state index contributed by atoms with van der Waals surface area (Å²) < 4.78 is 0. The molecule has 2 nitrogen and oxygen atoms in total. The number of aromatic hydroxyl groups is 1. The van der Waals surface area contributed by atoms with Gasteiger partial charge in [-0.1, -0.05) is 12.1 Å². The zero-order chi connectivity index (χ0) is 12.0. The molecule has 0 radical (unpaired) electrons. The molecule has 0 unspecified atom stereocenters. The summed E-state index contributed by atoms with van der Waals surface area (Å²) in [6, 6.07) is 7.37. The predicted octanol–water partition coefficient (Wildman–Crippen LogP) is 3.42. The summed E-state index contributed by atoms with van der Waals surface area (Å²) in [4.78, 5) is 11.1. The Labute approximate surface area is 96.6 Å². The molecule has 1 aromatic rings. The van der Waals surface area contributed by atoms with E-state index in [-0.39, 0.29) is 0 Å².